The number of aromatic nitrogens is 3. The van der Waals surface area contributed by atoms with Crippen LogP contribution in [0.5, 0.6) is 0 Å². The minimum atomic E-state index is -0.666. The molecule has 0 N–H and O–H groups in total. The predicted molar refractivity (Wildman–Crippen MR) is 110 cm³/mol. The molecule has 7 rings (SSSR count). The summed E-state index contributed by atoms with van der Waals surface area (Å²) in [5.41, 5.74) is 1.50. The summed E-state index contributed by atoms with van der Waals surface area (Å²) in [5.74, 6) is -1.71. The molecule has 0 radical (unpaired) electrons. The lowest BCUT2D eigenvalue weighted by atomic mass is 9.69. The van der Waals surface area contributed by atoms with E-state index in [-0.39, 0.29) is 29.0 Å². The molecule has 0 saturated heterocycles. The van der Waals surface area contributed by atoms with Gasteiger partial charge in [-0.05, 0) is 60.4 Å². The molecule has 1 aromatic heterocycles. The van der Waals surface area contributed by atoms with Crippen LogP contribution in [0.1, 0.15) is 37.3 Å². The first-order valence-corrected chi connectivity index (χ1v) is 10.7. The van der Waals surface area contributed by atoms with Crippen molar-refractivity contribution in [2.75, 3.05) is 0 Å². The Bertz CT molecular complexity index is 1250. The van der Waals surface area contributed by atoms with E-state index in [1.807, 2.05) is 0 Å². The highest BCUT2D eigenvalue weighted by atomic mass is 19.1. The topological polar surface area (TPSA) is 63.4 Å². The Morgan fingerprint density at radius 2 is 1.72 bits per heavy atom. The van der Waals surface area contributed by atoms with E-state index in [0.29, 0.717) is 36.0 Å². The molecule has 6 nitrogen and oxygen atoms in total. The fourth-order valence-corrected chi connectivity index (χ4v) is 5.76. The van der Waals surface area contributed by atoms with Gasteiger partial charge in [0, 0.05) is 30.7 Å². The van der Waals surface area contributed by atoms with Crippen molar-refractivity contribution in [1.82, 2.24) is 20.0 Å². The van der Waals surface area contributed by atoms with Gasteiger partial charge < -0.3 is 0 Å². The molecular weight excluding hydrogens is 419 g/mol. The van der Waals surface area contributed by atoms with Gasteiger partial charge in [-0.25, -0.2) is 18.2 Å². The summed E-state index contributed by atoms with van der Waals surface area (Å²) in [6.45, 7) is 0.575. The Balaban J connectivity index is 1.19. The molecule has 0 spiro atoms. The Morgan fingerprint density at radius 3 is 2.50 bits per heavy atom. The largest absolute Gasteiger partial charge is 0.273 e. The van der Waals surface area contributed by atoms with Crippen LogP contribution in [0.2, 0.25) is 0 Å². The van der Waals surface area contributed by atoms with Gasteiger partial charge >= 0.3 is 0 Å². The molecule has 3 fully saturated rings. The van der Waals surface area contributed by atoms with E-state index in [4.69, 9.17) is 0 Å². The summed E-state index contributed by atoms with van der Waals surface area (Å²) in [5, 5.41) is 14.5. The van der Waals surface area contributed by atoms with Crippen LogP contribution in [0.25, 0.3) is 11.0 Å². The number of benzene rings is 2. The predicted octanol–water partition coefficient (Wildman–Crippen LogP) is 4.22. The minimum absolute atomic E-state index is 0.0670. The second kappa shape index (κ2) is 6.88. The third kappa shape index (κ3) is 3.10. The number of nitrogens with zero attached hydrogens (tertiary/aromatic N) is 5. The maximum absolute atomic E-state index is 13.7. The van der Waals surface area contributed by atoms with Gasteiger partial charge in [-0.15, -0.1) is 0 Å². The highest BCUT2D eigenvalue weighted by molar-refractivity contribution is 5.83. The van der Waals surface area contributed by atoms with Crippen molar-refractivity contribution in [1.29, 1.82) is 0 Å². The molecular formula is C23H20F3N5O. The summed E-state index contributed by atoms with van der Waals surface area (Å²) in [6.07, 6.45) is 4.54. The third-order valence-electron chi connectivity index (χ3n) is 7.12. The molecule has 32 heavy (non-hydrogen) atoms. The first-order valence-electron chi connectivity index (χ1n) is 10.7. The smallest absolute Gasteiger partial charge is 0.246 e. The van der Waals surface area contributed by atoms with Crippen molar-refractivity contribution in [3.63, 3.8) is 0 Å². The summed E-state index contributed by atoms with van der Waals surface area (Å²) in [4.78, 5) is 15.0. The summed E-state index contributed by atoms with van der Waals surface area (Å²) in [6, 6.07) is 7.18. The molecule has 1 aliphatic heterocycles. The molecule has 3 saturated carbocycles. The van der Waals surface area contributed by atoms with Crippen LogP contribution in [-0.2, 0) is 11.3 Å². The lowest BCUT2D eigenvalue weighted by Gasteiger charge is -2.38. The summed E-state index contributed by atoms with van der Waals surface area (Å²) in [7, 11) is 0. The molecule has 2 bridgehead atoms. The fraction of sp³-hybridized carbons (Fsp3) is 0.391. The highest BCUT2D eigenvalue weighted by Crippen LogP contribution is 2.63. The van der Waals surface area contributed by atoms with Gasteiger partial charge in [-0.3, -0.25) is 4.79 Å². The SMILES string of the molecule is O=C([C@H]1CC2(Cn3nc4ccc(F)cc4n3)CC1C2)N1N=CCC1c1cc(F)cc(F)c1. The third-order valence-corrected chi connectivity index (χ3v) is 7.12. The Morgan fingerprint density at radius 1 is 0.969 bits per heavy atom. The molecule has 1 unspecified atom stereocenters. The zero-order valence-electron chi connectivity index (χ0n) is 17.1. The van der Waals surface area contributed by atoms with E-state index in [1.54, 1.807) is 17.1 Å². The van der Waals surface area contributed by atoms with Crippen molar-refractivity contribution in [2.24, 2.45) is 22.4 Å². The van der Waals surface area contributed by atoms with Gasteiger partial charge in [0.2, 0.25) is 5.91 Å². The van der Waals surface area contributed by atoms with Crippen LogP contribution < -0.4 is 0 Å². The van der Waals surface area contributed by atoms with Crippen molar-refractivity contribution < 1.29 is 18.0 Å². The van der Waals surface area contributed by atoms with Crippen molar-refractivity contribution in [2.45, 2.75) is 38.3 Å². The number of carbonyl (C=O) groups is 1. The lowest BCUT2D eigenvalue weighted by molar-refractivity contribution is -0.138. The molecule has 3 aromatic rings. The van der Waals surface area contributed by atoms with E-state index in [2.05, 4.69) is 15.3 Å². The van der Waals surface area contributed by atoms with Crippen LogP contribution in [0.4, 0.5) is 13.2 Å². The van der Waals surface area contributed by atoms with Gasteiger partial charge in [-0.1, -0.05) is 0 Å². The van der Waals surface area contributed by atoms with E-state index >= 15 is 0 Å². The van der Waals surface area contributed by atoms with Crippen LogP contribution in [-0.4, -0.2) is 32.1 Å². The molecule has 2 atom stereocenters. The maximum atomic E-state index is 13.7. The van der Waals surface area contributed by atoms with E-state index in [1.165, 1.54) is 29.3 Å². The number of amides is 1. The molecule has 9 heteroatoms. The lowest BCUT2D eigenvalue weighted by Crippen LogP contribution is -2.36. The molecule has 4 aliphatic rings. The van der Waals surface area contributed by atoms with Crippen LogP contribution in [0, 0.1) is 34.7 Å². The van der Waals surface area contributed by atoms with Crippen molar-refractivity contribution >= 4 is 23.2 Å². The number of carbonyl (C=O) groups excluding carboxylic acids is 1. The second-order valence-corrected chi connectivity index (χ2v) is 9.28. The molecule has 2 aromatic carbocycles. The van der Waals surface area contributed by atoms with Gasteiger partial charge in [0.15, 0.2) is 0 Å². The van der Waals surface area contributed by atoms with Gasteiger partial charge in [0.05, 0.1) is 12.6 Å². The monoisotopic (exact) mass is 439 g/mol. The van der Waals surface area contributed by atoms with E-state index in [0.717, 1.165) is 18.9 Å². The molecule has 164 valence electrons. The Kier molecular flexibility index (Phi) is 4.18. The number of halogens is 3. The van der Waals surface area contributed by atoms with Crippen LogP contribution in [0.15, 0.2) is 41.5 Å². The van der Waals surface area contributed by atoms with Gasteiger partial charge in [0.25, 0.3) is 0 Å². The summed E-state index contributed by atoms with van der Waals surface area (Å²) < 4.78 is 40.9. The van der Waals surface area contributed by atoms with Crippen LogP contribution in [0.3, 0.4) is 0 Å². The summed E-state index contributed by atoms with van der Waals surface area (Å²) >= 11 is 0. The van der Waals surface area contributed by atoms with Gasteiger partial charge in [-0.2, -0.15) is 20.1 Å². The zero-order valence-corrected chi connectivity index (χ0v) is 17.1. The molecule has 2 heterocycles. The van der Waals surface area contributed by atoms with Crippen LogP contribution >= 0.6 is 0 Å². The maximum Gasteiger partial charge on any atom is 0.246 e. The Labute approximate surface area is 181 Å². The first-order chi connectivity index (χ1) is 15.4. The van der Waals surface area contributed by atoms with Gasteiger partial charge in [0.1, 0.15) is 28.5 Å². The average molecular weight is 439 g/mol. The van der Waals surface area contributed by atoms with Crippen molar-refractivity contribution in [3.05, 3.63) is 59.4 Å². The number of hydrogen-bond donors (Lipinski definition) is 0. The number of hydrogen-bond acceptors (Lipinski definition) is 4. The van der Waals surface area contributed by atoms with Crippen molar-refractivity contribution in [3.8, 4) is 0 Å². The molecule has 3 aliphatic carbocycles. The number of hydrazone groups is 1. The standard InChI is InChI=1S/C23H20F3N5O/c24-15-1-2-19-20(8-15)29-30(28-19)12-23-9-14(10-23)18(11-23)22(32)31-21(3-4-27-31)13-5-16(25)7-17(26)6-13/h1-2,4-8,14,18,21H,3,9-12H2/t14?,18-,21?,23?/m0/s1. The Hall–Kier alpha value is -3.23. The van der Waals surface area contributed by atoms with E-state index < -0.39 is 17.7 Å². The average Bonchev–Trinajstić information content (AvgIpc) is 3.47. The number of fused-ring (bicyclic) bond motifs is 2. The van der Waals surface area contributed by atoms with E-state index in [9.17, 15) is 18.0 Å². The quantitative estimate of drug-likeness (QED) is 0.611. The first kappa shape index (κ1) is 19.5. The fourth-order valence-electron chi connectivity index (χ4n) is 5.76. The second-order valence-electron chi connectivity index (χ2n) is 9.28. The highest BCUT2D eigenvalue weighted by Gasteiger charge is 2.59. The minimum Gasteiger partial charge on any atom is -0.273 e. The number of rotatable bonds is 4. The zero-order chi connectivity index (χ0) is 22.0. The normalized spacial score (nSPS) is 28.5. The molecule has 1 amide bonds.